The lowest BCUT2D eigenvalue weighted by atomic mass is 9.98. The van der Waals surface area contributed by atoms with Crippen molar-refractivity contribution in [1.29, 1.82) is 0 Å². The van der Waals surface area contributed by atoms with Gasteiger partial charge >= 0.3 is 6.18 Å². The van der Waals surface area contributed by atoms with Gasteiger partial charge in [0.1, 0.15) is 5.82 Å². The van der Waals surface area contributed by atoms with E-state index in [2.05, 4.69) is 9.97 Å². The molecule has 1 aromatic rings. The molecular weight excluding hydrogens is 233 g/mol. The quantitative estimate of drug-likeness (QED) is 0.821. The summed E-state index contributed by atoms with van der Waals surface area (Å²) >= 11 is 0. The van der Waals surface area contributed by atoms with Gasteiger partial charge in [0.2, 0.25) is 5.95 Å². The first-order valence-corrected chi connectivity index (χ1v) is 5.37. The summed E-state index contributed by atoms with van der Waals surface area (Å²) in [5.74, 6) is -0.760. The lowest BCUT2D eigenvalue weighted by Gasteiger charge is -2.33. The molecule has 1 unspecified atom stereocenters. The lowest BCUT2D eigenvalue weighted by molar-refractivity contribution is -0.176. The molecule has 0 radical (unpaired) electrons. The van der Waals surface area contributed by atoms with Crippen molar-refractivity contribution in [2.45, 2.75) is 19.0 Å². The Morgan fingerprint density at radius 2 is 2.18 bits per heavy atom. The fourth-order valence-electron chi connectivity index (χ4n) is 1.94. The van der Waals surface area contributed by atoms with Crippen LogP contribution in [0.5, 0.6) is 0 Å². The van der Waals surface area contributed by atoms with Gasteiger partial charge in [-0.1, -0.05) is 0 Å². The molecule has 0 aromatic carbocycles. The molecule has 0 saturated carbocycles. The normalized spacial score (nSPS) is 21.6. The molecule has 1 atom stereocenters. The SMILES string of the molecule is Nc1ccnc(N2CCCC(C(F)(F)F)C2)n1. The van der Waals surface area contributed by atoms with Gasteiger partial charge < -0.3 is 10.6 Å². The molecule has 94 valence electrons. The summed E-state index contributed by atoms with van der Waals surface area (Å²) in [5.41, 5.74) is 5.49. The topological polar surface area (TPSA) is 55.0 Å². The summed E-state index contributed by atoms with van der Waals surface area (Å²) in [5, 5.41) is 0. The van der Waals surface area contributed by atoms with Crippen LogP contribution in [0.2, 0.25) is 0 Å². The number of aromatic nitrogens is 2. The second-order valence-corrected chi connectivity index (χ2v) is 4.11. The summed E-state index contributed by atoms with van der Waals surface area (Å²) < 4.78 is 37.9. The average Bonchev–Trinajstić information content (AvgIpc) is 2.28. The van der Waals surface area contributed by atoms with E-state index >= 15 is 0 Å². The number of halogens is 3. The van der Waals surface area contributed by atoms with Crippen LogP contribution in [0.1, 0.15) is 12.8 Å². The summed E-state index contributed by atoms with van der Waals surface area (Å²) in [6.07, 6.45) is -2.04. The molecule has 0 aliphatic carbocycles. The van der Waals surface area contributed by atoms with E-state index in [1.807, 2.05) is 0 Å². The standard InChI is InChI=1S/C10H13F3N4/c11-10(12,13)7-2-1-5-17(6-7)9-15-4-3-8(14)16-9/h3-4,7H,1-2,5-6H2,(H2,14,15,16). The summed E-state index contributed by atoms with van der Waals surface area (Å²) in [6, 6.07) is 1.51. The van der Waals surface area contributed by atoms with Gasteiger partial charge in [-0.25, -0.2) is 4.98 Å². The number of nitrogen functional groups attached to an aromatic ring is 1. The van der Waals surface area contributed by atoms with Gasteiger partial charge in [0.05, 0.1) is 5.92 Å². The van der Waals surface area contributed by atoms with E-state index in [1.54, 1.807) is 0 Å². The van der Waals surface area contributed by atoms with Crippen LogP contribution in [0.3, 0.4) is 0 Å². The fraction of sp³-hybridized carbons (Fsp3) is 0.600. The fourth-order valence-corrected chi connectivity index (χ4v) is 1.94. The van der Waals surface area contributed by atoms with E-state index in [4.69, 9.17) is 5.73 Å². The minimum atomic E-state index is -4.15. The molecule has 0 amide bonds. The van der Waals surface area contributed by atoms with Gasteiger partial charge in [0.15, 0.2) is 0 Å². The van der Waals surface area contributed by atoms with Crippen molar-refractivity contribution < 1.29 is 13.2 Å². The van der Waals surface area contributed by atoms with Crippen molar-refractivity contribution in [2.24, 2.45) is 5.92 Å². The van der Waals surface area contributed by atoms with Crippen LogP contribution in [-0.4, -0.2) is 29.2 Å². The number of rotatable bonds is 1. The first-order valence-electron chi connectivity index (χ1n) is 5.37. The second kappa shape index (κ2) is 4.38. The molecule has 1 aliphatic heterocycles. The molecule has 1 fully saturated rings. The van der Waals surface area contributed by atoms with Crippen molar-refractivity contribution >= 4 is 11.8 Å². The van der Waals surface area contributed by atoms with E-state index in [0.29, 0.717) is 13.0 Å². The van der Waals surface area contributed by atoms with Crippen LogP contribution in [-0.2, 0) is 0 Å². The molecule has 1 aromatic heterocycles. The maximum absolute atomic E-state index is 12.6. The van der Waals surface area contributed by atoms with E-state index in [-0.39, 0.29) is 24.7 Å². The smallest absolute Gasteiger partial charge is 0.384 e. The third-order valence-corrected chi connectivity index (χ3v) is 2.83. The van der Waals surface area contributed by atoms with E-state index in [1.165, 1.54) is 17.2 Å². The minimum absolute atomic E-state index is 0.0903. The van der Waals surface area contributed by atoms with Gasteiger partial charge in [-0.3, -0.25) is 0 Å². The monoisotopic (exact) mass is 246 g/mol. The van der Waals surface area contributed by atoms with Crippen molar-refractivity contribution in [2.75, 3.05) is 23.7 Å². The molecule has 2 heterocycles. The summed E-state index contributed by atoms with van der Waals surface area (Å²) in [4.78, 5) is 9.43. The zero-order valence-electron chi connectivity index (χ0n) is 9.11. The zero-order chi connectivity index (χ0) is 12.5. The summed E-state index contributed by atoms with van der Waals surface area (Å²) in [6.45, 7) is 0.447. The second-order valence-electron chi connectivity index (χ2n) is 4.11. The van der Waals surface area contributed by atoms with E-state index in [9.17, 15) is 13.2 Å². The highest BCUT2D eigenvalue weighted by atomic mass is 19.4. The lowest BCUT2D eigenvalue weighted by Crippen LogP contribution is -2.42. The Balaban J connectivity index is 2.12. The number of piperidine rings is 1. The Morgan fingerprint density at radius 3 is 2.82 bits per heavy atom. The molecule has 0 spiro atoms. The number of hydrogen-bond acceptors (Lipinski definition) is 4. The highest BCUT2D eigenvalue weighted by molar-refractivity contribution is 5.38. The Kier molecular flexibility index (Phi) is 3.08. The van der Waals surface area contributed by atoms with Gasteiger partial charge in [0, 0.05) is 19.3 Å². The highest BCUT2D eigenvalue weighted by Crippen LogP contribution is 2.33. The average molecular weight is 246 g/mol. The number of anilines is 2. The van der Waals surface area contributed by atoms with Crippen LogP contribution in [0.25, 0.3) is 0 Å². The van der Waals surface area contributed by atoms with Crippen molar-refractivity contribution in [3.8, 4) is 0 Å². The molecule has 2 N–H and O–H groups in total. The van der Waals surface area contributed by atoms with Crippen LogP contribution in [0, 0.1) is 5.92 Å². The molecular formula is C10H13F3N4. The highest BCUT2D eigenvalue weighted by Gasteiger charge is 2.42. The third-order valence-electron chi connectivity index (χ3n) is 2.83. The van der Waals surface area contributed by atoms with Gasteiger partial charge in [0.25, 0.3) is 0 Å². The third kappa shape index (κ3) is 2.78. The van der Waals surface area contributed by atoms with Crippen LogP contribution in [0.4, 0.5) is 24.9 Å². The predicted octanol–water partition coefficient (Wildman–Crippen LogP) is 1.84. The molecule has 0 bridgehead atoms. The molecule has 4 nitrogen and oxygen atoms in total. The molecule has 2 rings (SSSR count). The van der Waals surface area contributed by atoms with Gasteiger partial charge in [-0.05, 0) is 18.9 Å². The molecule has 17 heavy (non-hydrogen) atoms. The first-order chi connectivity index (χ1) is 7.97. The minimum Gasteiger partial charge on any atom is -0.384 e. The van der Waals surface area contributed by atoms with E-state index in [0.717, 1.165) is 0 Å². The Hall–Kier alpha value is -1.53. The number of alkyl halides is 3. The maximum Gasteiger partial charge on any atom is 0.393 e. The predicted molar refractivity (Wildman–Crippen MR) is 57.4 cm³/mol. The largest absolute Gasteiger partial charge is 0.393 e. The van der Waals surface area contributed by atoms with Crippen LogP contribution >= 0.6 is 0 Å². The molecule has 7 heteroatoms. The van der Waals surface area contributed by atoms with Gasteiger partial charge in [-0.15, -0.1) is 0 Å². The Morgan fingerprint density at radius 1 is 1.41 bits per heavy atom. The van der Waals surface area contributed by atoms with Crippen molar-refractivity contribution in [3.63, 3.8) is 0 Å². The van der Waals surface area contributed by atoms with Crippen LogP contribution in [0.15, 0.2) is 12.3 Å². The Labute approximate surface area is 96.7 Å². The van der Waals surface area contributed by atoms with Gasteiger partial charge in [-0.2, -0.15) is 18.2 Å². The Bertz CT molecular complexity index is 393. The summed E-state index contributed by atoms with van der Waals surface area (Å²) in [7, 11) is 0. The number of nitrogens with zero attached hydrogens (tertiary/aromatic N) is 3. The maximum atomic E-state index is 12.6. The van der Waals surface area contributed by atoms with Crippen LogP contribution < -0.4 is 10.6 Å². The van der Waals surface area contributed by atoms with Crippen molar-refractivity contribution in [3.05, 3.63) is 12.3 Å². The van der Waals surface area contributed by atoms with Crippen molar-refractivity contribution in [1.82, 2.24) is 9.97 Å². The zero-order valence-corrected chi connectivity index (χ0v) is 9.11. The number of hydrogen-bond donors (Lipinski definition) is 1. The first kappa shape index (κ1) is 11.9. The van der Waals surface area contributed by atoms with E-state index < -0.39 is 12.1 Å². The molecule has 1 aliphatic rings. The number of nitrogens with two attached hydrogens (primary N) is 1. The molecule has 1 saturated heterocycles.